The molecular weight excluding hydrogens is 410 g/mol. The van der Waals surface area contributed by atoms with E-state index in [1.165, 1.54) is 0 Å². The molecule has 2 heterocycles. The highest BCUT2D eigenvalue weighted by molar-refractivity contribution is 8.14. The molecule has 6 nitrogen and oxygen atoms in total. The second-order valence-corrected chi connectivity index (χ2v) is 8.29. The maximum Gasteiger partial charge on any atom is 0.419 e. The van der Waals surface area contributed by atoms with E-state index >= 15 is 0 Å². The van der Waals surface area contributed by atoms with E-state index in [-0.39, 0.29) is 18.4 Å². The van der Waals surface area contributed by atoms with Gasteiger partial charge in [-0.15, -0.1) is 0 Å². The summed E-state index contributed by atoms with van der Waals surface area (Å²) < 4.78 is 6.82. The fourth-order valence-corrected chi connectivity index (χ4v) is 4.44. The first kappa shape index (κ1) is 19.8. The number of hydrogen-bond acceptors (Lipinski definition) is 5. The number of carbonyl (C=O) groups is 1. The fourth-order valence-electron chi connectivity index (χ4n) is 3.26. The van der Waals surface area contributed by atoms with Crippen molar-refractivity contribution >= 4 is 51.2 Å². The minimum Gasteiger partial charge on any atom is -0.408 e. The number of hydrogen-bond donors (Lipinski definition) is 0. The van der Waals surface area contributed by atoms with Crippen molar-refractivity contribution in [1.82, 2.24) is 4.57 Å². The summed E-state index contributed by atoms with van der Waals surface area (Å²) in [6, 6.07) is 14.6. The van der Waals surface area contributed by atoms with E-state index in [4.69, 9.17) is 16.0 Å². The van der Waals surface area contributed by atoms with Crippen LogP contribution in [-0.4, -0.2) is 27.4 Å². The van der Waals surface area contributed by atoms with Crippen molar-refractivity contribution in [3.63, 3.8) is 0 Å². The van der Waals surface area contributed by atoms with Crippen LogP contribution in [0.1, 0.15) is 19.8 Å². The van der Waals surface area contributed by atoms with Crippen LogP contribution >= 0.6 is 23.4 Å². The van der Waals surface area contributed by atoms with Gasteiger partial charge in [0, 0.05) is 23.7 Å². The molecule has 8 heteroatoms. The first-order valence-corrected chi connectivity index (χ1v) is 10.8. The topological polar surface area (TPSA) is 67.8 Å². The molecule has 0 aliphatic carbocycles. The number of aromatic nitrogens is 1. The number of aliphatic imine (C=N–C) groups is 1. The van der Waals surface area contributed by atoms with Crippen LogP contribution in [0.25, 0.3) is 11.1 Å². The first-order chi connectivity index (χ1) is 14.0. The number of thioether (sulfide) groups is 1. The van der Waals surface area contributed by atoms with Crippen molar-refractivity contribution in [3.05, 3.63) is 64.1 Å². The molecule has 2 aromatic carbocycles. The van der Waals surface area contributed by atoms with Crippen molar-refractivity contribution in [3.8, 4) is 0 Å². The van der Waals surface area contributed by atoms with Crippen LogP contribution < -0.4 is 10.7 Å². The molecule has 1 atom stereocenters. The number of nitrogens with zero attached hydrogens (tertiary/aromatic N) is 3. The van der Waals surface area contributed by atoms with Crippen molar-refractivity contribution in [2.24, 2.45) is 4.99 Å². The summed E-state index contributed by atoms with van der Waals surface area (Å²) >= 11 is 7.58. The molecule has 0 N–H and O–H groups in total. The third kappa shape index (κ3) is 4.26. The Hall–Kier alpha value is -2.51. The number of carbonyl (C=O) groups excluding carboxylic acids is 1. The van der Waals surface area contributed by atoms with Gasteiger partial charge < -0.3 is 4.42 Å². The number of benzene rings is 2. The maximum atomic E-state index is 13.1. The van der Waals surface area contributed by atoms with Gasteiger partial charge in [-0.25, -0.2) is 4.79 Å². The van der Waals surface area contributed by atoms with Gasteiger partial charge in [0.2, 0.25) is 5.91 Å². The number of fused-ring (bicyclic) bond motifs is 1. The SMILES string of the molecule is CC1CSC(N(C(=O)CCCn2c(=O)oc3ccccc32)c2ccc(Cl)cc2)=N1. The lowest BCUT2D eigenvalue weighted by Gasteiger charge is -2.22. The molecule has 0 radical (unpaired) electrons. The summed E-state index contributed by atoms with van der Waals surface area (Å²) in [5.74, 6) is 0.384. The molecule has 0 saturated carbocycles. The van der Waals surface area contributed by atoms with Crippen LogP contribution in [0.2, 0.25) is 5.02 Å². The second-order valence-electron chi connectivity index (χ2n) is 6.87. The van der Waals surface area contributed by atoms with E-state index in [2.05, 4.69) is 4.99 Å². The second kappa shape index (κ2) is 8.47. The summed E-state index contributed by atoms with van der Waals surface area (Å²) in [6.07, 6.45) is 0.794. The zero-order valence-corrected chi connectivity index (χ0v) is 17.4. The largest absolute Gasteiger partial charge is 0.419 e. The van der Waals surface area contributed by atoms with Crippen molar-refractivity contribution in [2.75, 3.05) is 10.7 Å². The Morgan fingerprint density at radius 3 is 2.76 bits per heavy atom. The minimum absolute atomic E-state index is 0.0616. The molecule has 0 fully saturated rings. The zero-order chi connectivity index (χ0) is 20.4. The smallest absolute Gasteiger partial charge is 0.408 e. The van der Waals surface area contributed by atoms with Crippen LogP contribution in [0.5, 0.6) is 0 Å². The lowest BCUT2D eigenvalue weighted by Crippen LogP contribution is -2.34. The summed E-state index contributed by atoms with van der Waals surface area (Å²) in [4.78, 5) is 31.5. The molecule has 3 aromatic rings. The average Bonchev–Trinajstić information content (AvgIpc) is 3.26. The molecule has 1 amide bonds. The van der Waals surface area contributed by atoms with E-state index in [1.807, 2.05) is 37.3 Å². The standard InChI is InChI=1S/C21H20ClN3O3S/c1-14-13-29-20(23-14)25(16-10-8-15(22)9-11-16)19(26)7-4-12-24-17-5-2-3-6-18(17)28-21(24)27/h2-3,5-6,8-11,14H,4,7,12-13H2,1H3. The minimum atomic E-state index is -0.405. The zero-order valence-electron chi connectivity index (χ0n) is 15.9. The number of oxazole rings is 1. The van der Waals surface area contributed by atoms with E-state index in [0.717, 1.165) is 17.0 Å². The Balaban J connectivity index is 1.51. The van der Waals surface area contributed by atoms with Crippen molar-refractivity contribution in [1.29, 1.82) is 0 Å². The van der Waals surface area contributed by atoms with Gasteiger partial charge in [0.15, 0.2) is 10.8 Å². The third-order valence-corrected chi connectivity index (χ3v) is 6.10. The Morgan fingerprint density at radius 2 is 2.03 bits per heavy atom. The summed E-state index contributed by atoms with van der Waals surface area (Å²) in [5, 5.41) is 1.32. The lowest BCUT2D eigenvalue weighted by atomic mass is 10.2. The van der Waals surface area contributed by atoms with E-state index in [0.29, 0.717) is 28.7 Å². The number of rotatable bonds is 5. The molecular formula is C21H20ClN3O3S. The number of para-hydroxylation sites is 2. The molecule has 0 saturated heterocycles. The Kier molecular flexibility index (Phi) is 5.78. The molecule has 150 valence electrons. The van der Waals surface area contributed by atoms with Gasteiger partial charge in [-0.3, -0.25) is 19.3 Å². The normalized spacial score (nSPS) is 16.2. The Labute approximate surface area is 177 Å². The number of halogens is 1. The van der Waals surface area contributed by atoms with Crippen molar-refractivity contribution < 1.29 is 9.21 Å². The van der Waals surface area contributed by atoms with Gasteiger partial charge in [-0.2, -0.15) is 0 Å². The predicted octanol–water partition coefficient (Wildman–Crippen LogP) is 4.55. The Morgan fingerprint density at radius 1 is 1.28 bits per heavy atom. The predicted molar refractivity (Wildman–Crippen MR) is 118 cm³/mol. The molecule has 1 unspecified atom stereocenters. The molecule has 1 aromatic heterocycles. The van der Waals surface area contributed by atoms with Crippen LogP contribution in [0.4, 0.5) is 5.69 Å². The molecule has 1 aliphatic rings. The number of amidine groups is 1. The highest BCUT2D eigenvalue weighted by atomic mass is 35.5. The van der Waals surface area contributed by atoms with Crippen LogP contribution in [-0.2, 0) is 11.3 Å². The first-order valence-electron chi connectivity index (χ1n) is 9.40. The van der Waals surface area contributed by atoms with Crippen molar-refractivity contribution in [2.45, 2.75) is 32.4 Å². The quantitative estimate of drug-likeness (QED) is 0.596. The summed E-state index contributed by atoms with van der Waals surface area (Å²) in [7, 11) is 0. The van der Waals surface area contributed by atoms with E-state index in [9.17, 15) is 9.59 Å². The lowest BCUT2D eigenvalue weighted by molar-refractivity contribution is -0.117. The molecule has 29 heavy (non-hydrogen) atoms. The maximum absolute atomic E-state index is 13.1. The van der Waals surface area contributed by atoms with Gasteiger partial charge >= 0.3 is 5.76 Å². The highest BCUT2D eigenvalue weighted by Crippen LogP contribution is 2.27. The fraction of sp³-hybridized carbons (Fsp3) is 0.286. The van der Waals surface area contributed by atoms with Gasteiger partial charge in [0.1, 0.15) is 0 Å². The third-order valence-electron chi connectivity index (χ3n) is 4.66. The molecule has 1 aliphatic heterocycles. The number of anilines is 1. The van der Waals surface area contributed by atoms with E-state index < -0.39 is 5.76 Å². The monoisotopic (exact) mass is 429 g/mol. The summed E-state index contributed by atoms with van der Waals surface area (Å²) in [6.45, 7) is 2.44. The van der Waals surface area contributed by atoms with Crippen LogP contribution in [0, 0.1) is 0 Å². The molecule has 0 bridgehead atoms. The van der Waals surface area contributed by atoms with E-state index in [1.54, 1.807) is 39.4 Å². The van der Waals surface area contributed by atoms with Gasteiger partial charge in [-0.1, -0.05) is 35.5 Å². The summed E-state index contributed by atoms with van der Waals surface area (Å²) in [5.41, 5.74) is 2.03. The van der Waals surface area contributed by atoms with Crippen LogP contribution in [0.3, 0.4) is 0 Å². The average molecular weight is 430 g/mol. The Bertz CT molecular complexity index is 1120. The van der Waals surface area contributed by atoms with Gasteiger partial charge in [0.05, 0.1) is 17.2 Å². The van der Waals surface area contributed by atoms with Gasteiger partial charge in [-0.05, 0) is 49.7 Å². The van der Waals surface area contributed by atoms with Crippen LogP contribution in [0.15, 0.2) is 62.7 Å². The highest BCUT2D eigenvalue weighted by Gasteiger charge is 2.26. The molecule has 0 spiro atoms. The van der Waals surface area contributed by atoms with Gasteiger partial charge in [0.25, 0.3) is 0 Å². The number of amides is 1. The molecule has 4 rings (SSSR count). The number of aryl methyl sites for hydroxylation is 1.